The summed E-state index contributed by atoms with van der Waals surface area (Å²) in [6.45, 7) is 1.82. The van der Waals surface area contributed by atoms with Gasteiger partial charge in [0, 0.05) is 26.8 Å². The topological polar surface area (TPSA) is 78.8 Å². The lowest BCUT2D eigenvalue weighted by molar-refractivity contribution is 0.0652. The van der Waals surface area contributed by atoms with Gasteiger partial charge < -0.3 is 14.9 Å². The third kappa shape index (κ3) is 5.73. The molecule has 0 aliphatic rings. The molecule has 2 atom stereocenters. The monoisotopic (exact) mass is 471 g/mol. The normalized spacial score (nSPS) is 13.1. The number of benzene rings is 2. The summed E-state index contributed by atoms with van der Waals surface area (Å²) in [5.41, 5.74) is 1.08. The molecule has 0 bridgehead atoms. The molecule has 0 aliphatic carbocycles. The molecule has 7 heteroatoms. The third-order valence-corrected chi connectivity index (χ3v) is 4.74. The maximum absolute atomic E-state index is 12.3. The maximum Gasteiger partial charge on any atom is 0.412 e. The van der Waals surface area contributed by atoms with E-state index in [0.29, 0.717) is 17.7 Å². The predicted octanol–water partition coefficient (Wildman–Crippen LogP) is 5.23. The van der Waals surface area contributed by atoms with Crippen LogP contribution in [0.1, 0.15) is 25.0 Å². The summed E-state index contributed by atoms with van der Waals surface area (Å²) in [4.78, 5) is 12.3. The van der Waals surface area contributed by atoms with Crippen molar-refractivity contribution in [2.75, 3.05) is 11.9 Å². The van der Waals surface area contributed by atoms with Gasteiger partial charge in [0.05, 0.1) is 0 Å². The summed E-state index contributed by atoms with van der Waals surface area (Å²) in [6.07, 6.45) is -0.890. The number of carbonyl (C=O) groups excluding carboxylic acids is 1. The highest BCUT2D eigenvalue weighted by Gasteiger charge is 2.26. The Kier molecular flexibility index (Phi) is 7.28. The molecule has 0 radical (unpaired) electrons. The van der Waals surface area contributed by atoms with Gasteiger partial charge in [-0.3, -0.25) is 5.32 Å². The lowest BCUT2D eigenvalue weighted by Gasteiger charge is -2.25. The van der Waals surface area contributed by atoms with Crippen LogP contribution in [0.3, 0.4) is 0 Å². The number of carbonyl (C=O) groups is 1. The quantitative estimate of drug-likeness (QED) is 0.538. The van der Waals surface area contributed by atoms with Gasteiger partial charge in [-0.1, -0.05) is 38.8 Å². The van der Waals surface area contributed by atoms with Crippen LogP contribution < -0.4 is 5.32 Å². The molecule has 0 aliphatic heterocycles. The smallest absolute Gasteiger partial charge is 0.412 e. The number of aliphatic hydroxyl groups is 1. The summed E-state index contributed by atoms with van der Waals surface area (Å²) in [5, 5.41) is 22.0. The highest BCUT2D eigenvalue weighted by atomic mass is 79.9. The van der Waals surface area contributed by atoms with Crippen molar-refractivity contribution < 1.29 is 19.7 Å². The predicted molar refractivity (Wildman–Crippen MR) is 104 cm³/mol. The highest BCUT2D eigenvalue weighted by Crippen LogP contribution is 2.36. The minimum absolute atomic E-state index is 0.0365. The van der Waals surface area contributed by atoms with Gasteiger partial charge in [0.1, 0.15) is 11.9 Å². The number of halogens is 2. The van der Waals surface area contributed by atoms with E-state index in [0.717, 1.165) is 8.95 Å². The van der Waals surface area contributed by atoms with Crippen molar-refractivity contribution in [3.63, 3.8) is 0 Å². The van der Waals surface area contributed by atoms with Gasteiger partial charge in [0.15, 0.2) is 0 Å². The Balaban J connectivity index is 2.19. The first-order chi connectivity index (χ1) is 11.9. The Morgan fingerprint density at radius 2 is 1.80 bits per heavy atom. The van der Waals surface area contributed by atoms with E-state index in [2.05, 4.69) is 37.2 Å². The molecule has 3 N–H and O–H groups in total. The number of amides is 1. The van der Waals surface area contributed by atoms with Crippen LogP contribution >= 0.6 is 31.9 Å². The molecule has 0 heterocycles. The van der Waals surface area contributed by atoms with Gasteiger partial charge in [0.25, 0.3) is 0 Å². The first-order valence-electron chi connectivity index (χ1n) is 7.73. The van der Waals surface area contributed by atoms with Crippen molar-refractivity contribution in [1.82, 2.24) is 0 Å². The molecular formula is C18H19Br2NO4. The highest BCUT2D eigenvalue weighted by molar-refractivity contribution is 9.10. The Hall–Kier alpha value is -1.57. The summed E-state index contributed by atoms with van der Waals surface area (Å²) in [5.74, 6) is -0.143. The van der Waals surface area contributed by atoms with Crippen LogP contribution in [-0.2, 0) is 4.74 Å². The molecule has 0 saturated carbocycles. The van der Waals surface area contributed by atoms with Crippen molar-refractivity contribution in [2.24, 2.45) is 5.92 Å². The zero-order valence-electron chi connectivity index (χ0n) is 13.6. The van der Waals surface area contributed by atoms with Crippen molar-refractivity contribution in [3.05, 3.63) is 57.0 Å². The van der Waals surface area contributed by atoms with Gasteiger partial charge in [0.2, 0.25) is 0 Å². The Morgan fingerprint density at radius 3 is 2.44 bits per heavy atom. The fraction of sp³-hybridized carbons (Fsp3) is 0.278. The molecule has 0 unspecified atom stereocenters. The lowest BCUT2D eigenvalue weighted by Crippen LogP contribution is -2.22. The summed E-state index contributed by atoms with van der Waals surface area (Å²) in [6, 6.07) is 12.1. The van der Waals surface area contributed by atoms with Crippen LogP contribution in [0.25, 0.3) is 0 Å². The lowest BCUT2D eigenvalue weighted by atomic mass is 9.94. The van der Waals surface area contributed by atoms with Gasteiger partial charge in [-0.2, -0.15) is 0 Å². The molecule has 0 spiro atoms. The van der Waals surface area contributed by atoms with Gasteiger partial charge >= 0.3 is 6.09 Å². The molecular weight excluding hydrogens is 454 g/mol. The molecule has 134 valence electrons. The number of phenols is 1. The van der Waals surface area contributed by atoms with Gasteiger partial charge in [-0.15, -0.1) is 0 Å². The number of anilines is 1. The Labute approximate surface area is 163 Å². The SMILES string of the molecule is C[C@@H](CCO)[C@H](OC(=O)Nc1ccc(Br)cc1)c1cc(Br)ccc1O. The minimum atomic E-state index is -0.694. The Morgan fingerprint density at radius 1 is 1.16 bits per heavy atom. The fourth-order valence-corrected chi connectivity index (χ4v) is 3.03. The van der Waals surface area contributed by atoms with Crippen LogP contribution in [0.2, 0.25) is 0 Å². The van der Waals surface area contributed by atoms with Gasteiger partial charge in [-0.25, -0.2) is 4.79 Å². The number of hydrogen-bond acceptors (Lipinski definition) is 4. The summed E-state index contributed by atoms with van der Waals surface area (Å²) in [7, 11) is 0. The number of ether oxygens (including phenoxy) is 1. The fourth-order valence-electron chi connectivity index (χ4n) is 2.39. The van der Waals surface area contributed by atoms with E-state index in [4.69, 9.17) is 4.74 Å². The zero-order valence-corrected chi connectivity index (χ0v) is 16.7. The second kappa shape index (κ2) is 9.22. The van der Waals surface area contributed by atoms with Crippen LogP contribution in [0, 0.1) is 5.92 Å². The average Bonchev–Trinajstić information content (AvgIpc) is 2.57. The number of nitrogens with one attached hydrogen (secondary N) is 1. The van der Waals surface area contributed by atoms with Gasteiger partial charge in [-0.05, 0) is 54.8 Å². The van der Waals surface area contributed by atoms with E-state index in [1.165, 1.54) is 6.07 Å². The van der Waals surface area contributed by atoms with E-state index in [9.17, 15) is 15.0 Å². The average molecular weight is 473 g/mol. The number of rotatable bonds is 6. The molecule has 2 rings (SSSR count). The number of phenolic OH excluding ortho intramolecular Hbond substituents is 1. The second-order valence-electron chi connectivity index (χ2n) is 5.65. The standard InChI is InChI=1S/C18H19Br2NO4/c1-11(8-9-22)17(15-10-13(20)4-7-16(15)23)25-18(24)21-14-5-2-12(19)3-6-14/h2-7,10-11,17,22-23H,8-9H2,1H3,(H,21,24)/t11-,17-/m0/s1. The van der Waals surface area contributed by atoms with Crippen molar-refractivity contribution in [2.45, 2.75) is 19.4 Å². The molecule has 2 aromatic rings. The van der Waals surface area contributed by atoms with Crippen LogP contribution in [0.4, 0.5) is 10.5 Å². The van der Waals surface area contributed by atoms with Crippen LogP contribution in [0.15, 0.2) is 51.4 Å². The molecule has 0 aromatic heterocycles. The van der Waals surface area contributed by atoms with Crippen molar-refractivity contribution >= 4 is 43.6 Å². The number of aromatic hydroxyl groups is 1. The summed E-state index contributed by atoms with van der Waals surface area (Å²) < 4.78 is 7.23. The van der Waals surface area contributed by atoms with E-state index >= 15 is 0 Å². The van der Waals surface area contributed by atoms with Crippen LogP contribution in [0.5, 0.6) is 5.75 Å². The van der Waals surface area contributed by atoms with E-state index in [1.54, 1.807) is 24.3 Å². The first kappa shape index (κ1) is 19.8. The second-order valence-corrected chi connectivity index (χ2v) is 7.48. The largest absolute Gasteiger partial charge is 0.508 e. The van der Waals surface area contributed by atoms with Crippen molar-refractivity contribution in [3.8, 4) is 5.75 Å². The molecule has 2 aromatic carbocycles. The summed E-state index contributed by atoms with van der Waals surface area (Å²) >= 11 is 6.69. The van der Waals surface area contributed by atoms with E-state index in [1.807, 2.05) is 19.1 Å². The van der Waals surface area contributed by atoms with Crippen LogP contribution in [-0.4, -0.2) is 22.9 Å². The molecule has 0 saturated heterocycles. The molecule has 25 heavy (non-hydrogen) atoms. The molecule has 5 nitrogen and oxygen atoms in total. The van der Waals surface area contributed by atoms with E-state index < -0.39 is 12.2 Å². The maximum atomic E-state index is 12.3. The van der Waals surface area contributed by atoms with E-state index in [-0.39, 0.29) is 18.3 Å². The Bertz CT molecular complexity index is 722. The van der Waals surface area contributed by atoms with Crippen molar-refractivity contribution in [1.29, 1.82) is 0 Å². The number of aliphatic hydroxyl groups excluding tert-OH is 1. The number of hydrogen-bond donors (Lipinski definition) is 3. The molecule has 1 amide bonds. The zero-order chi connectivity index (χ0) is 18.4. The first-order valence-corrected chi connectivity index (χ1v) is 9.31. The third-order valence-electron chi connectivity index (χ3n) is 3.72. The molecule has 0 fully saturated rings. The minimum Gasteiger partial charge on any atom is -0.508 e.